The molecule has 1 N–H and O–H groups in total. The first-order chi connectivity index (χ1) is 9.29. The molecule has 19 heavy (non-hydrogen) atoms. The lowest BCUT2D eigenvalue weighted by Gasteiger charge is -1.87. The molecular formula is C15H9FN2S. The van der Waals surface area contributed by atoms with Crippen LogP contribution in [0.3, 0.4) is 0 Å². The molecule has 0 unspecified atom stereocenters. The Bertz CT molecular complexity index is 858. The number of halogens is 1. The molecule has 2 heterocycles. The smallest absolute Gasteiger partial charge is 0.148 e. The fourth-order valence-electron chi connectivity index (χ4n) is 2.20. The predicted molar refractivity (Wildman–Crippen MR) is 76.9 cm³/mol. The van der Waals surface area contributed by atoms with Gasteiger partial charge in [0.1, 0.15) is 11.6 Å². The zero-order valence-electron chi connectivity index (χ0n) is 9.85. The molecule has 0 saturated heterocycles. The van der Waals surface area contributed by atoms with Crippen molar-refractivity contribution in [2.75, 3.05) is 0 Å². The molecule has 0 aliphatic heterocycles. The highest BCUT2D eigenvalue weighted by atomic mass is 32.1. The minimum Gasteiger partial charge on any atom is -0.337 e. The van der Waals surface area contributed by atoms with E-state index in [9.17, 15) is 4.39 Å². The average molecular weight is 268 g/mol. The number of nitrogens with zero attached hydrogens (tertiary/aromatic N) is 1. The SMILES string of the molecule is Fc1ccc2nc(-c3cc4ccccc4s3)[nH]c2c1. The van der Waals surface area contributed by atoms with Gasteiger partial charge in [-0.15, -0.1) is 11.3 Å². The Morgan fingerprint density at radius 3 is 2.84 bits per heavy atom. The number of hydrogen-bond donors (Lipinski definition) is 1. The molecule has 0 radical (unpaired) electrons. The van der Waals surface area contributed by atoms with E-state index in [-0.39, 0.29) is 5.82 Å². The van der Waals surface area contributed by atoms with Crippen LogP contribution in [0.5, 0.6) is 0 Å². The van der Waals surface area contributed by atoms with Gasteiger partial charge in [0.15, 0.2) is 0 Å². The summed E-state index contributed by atoms with van der Waals surface area (Å²) in [5.74, 6) is 0.542. The standard InChI is InChI=1S/C15H9FN2S/c16-10-5-6-11-12(8-10)18-15(17-11)14-7-9-3-1-2-4-13(9)19-14/h1-8H,(H,17,18). The molecule has 0 spiro atoms. The number of imidazole rings is 1. The van der Waals surface area contributed by atoms with Crippen molar-refractivity contribution in [3.8, 4) is 10.7 Å². The topological polar surface area (TPSA) is 28.7 Å². The summed E-state index contributed by atoms with van der Waals surface area (Å²) in [6.45, 7) is 0. The maximum absolute atomic E-state index is 13.2. The number of aromatic nitrogens is 2. The van der Waals surface area contributed by atoms with Crippen LogP contribution in [-0.4, -0.2) is 9.97 Å². The van der Waals surface area contributed by atoms with E-state index in [2.05, 4.69) is 28.2 Å². The molecule has 4 heteroatoms. The highest BCUT2D eigenvalue weighted by molar-refractivity contribution is 7.22. The van der Waals surface area contributed by atoms with E-state index in [0.29, 0.717) is 0 Å². The quantitative estimate of drug-likeness (QED) is 0.537. The van der Waals surface area contributed by atoms with Crippen LogP contribution in [0, 0.1) is 5.82 Å². The first kappa shape index (κ1) is 10.7. The van der Waals surface area contributed by atoms with Crippen LogP contribution in [0.15, 0.2) is 48.5 Å². The van der Waals surface area contributed by atoms with Gasteiger partial charge in [-0.05, 0) is 35.7 Å². The van der Waals surface area contributed by atoms with E-state index in [1.54, 1.807) is 17.4 Å². The molecular weight excluding hydrogens is 259 g/mol. The van der Waals surface area contributed by atoms with Crippen LogP contribution >= 0.6 is 11.3 Å². The molecule has 92 valence electrons. The van der Waals surface area contributed by atoms with Crippen molar-refractivity contribution >= 4 is 32.5 Å². The van der Waals surface area contributed by atoms with E-state index in [1.165, 1.54) is 22.2 Å². The predicted octanol–water partition coefficient (Wildman–Crippen LogP) is 4.58. The molecule has 4 rings (SSSR count). The summed E-state index contributed by atoms with van der Waals surface area (Å²) in [7, 11) is 0. The van der Waals surface area contributed by atoms with Crippen molar-refractivity contribution in [3.05, 3.63) is 54.3 Å². The Labute approximate surface area is 112 Å². The van der Waals surface area contributed by atoms with Gasteiger partial charge in [-0.25, -0.2) is 9.37 Å². The van der Waals surface area contributed by atoms with Crippen LogP contribution in [0.1, 0.15) is 0 Å². The molecule has 2 nitrogen and oxygen atoms in total. The van der Waals surface area contributed by atoms with Crippen LogP contribution in [0.4, 0.5) is 4.39 Å². The summed E-state index contributed by atoms with van der Waals surface area (Å²) >= 11 is 1.68. The number of benzene rings is 2. The first-order valence-corrected chi connectivity index (χ1v) is 6.75. The fourth-order valence-corrected chi connectivity index (χ4v) is 3.20. The molecule has 2 aromatic heterocycles. The second-order valence-electron chi connectivity index (χ2n) is 4.40. The Kier molecular flexibility index (Phi) is 2.19. The molecule has 0 amide bonds. The van der Waals surface area contributed by atoms with Gasteiger partial charge in [-0.1, -0.05) is 18.2 Å². The summed E-state index contributed by atoms with van der Waals surface area (Å²) in [6, 6.07) is 14.9. The molecule has 0 saturated carbocycles. The van der Waals surface area contributed by atoms with Crippen LogP contribution in [0.2, 0.25) is 0 Å². The van der Waals surface area contributed by atoms with E-state index < -0.39 is 0 Å². The Balaban J connectivity index is 1.93. The van der Waals surface area contributed by atoms with E-state index in [0.717, 1.165) is 21.7 Å². The number of fused-ring (bicyclic) bond motifs is 2. The van der Waals surface area contributed by atoms with E-state index in [4.69, 9.17) is 0 Å². The lowest BCUT2D eigenvalue weighted by Crippen LogP contribution is -1.73. The second kappa shape index (κ2) is 3.90. The summed E-state index contributed by atoms with van der Waals surface area (Å²) in [4.78, 5) is 8.75. The Hall–Kier alpha value is -2.20. The third-order valence-corrected chi connectivity index (χ3v) is 4.23. The number of nitrogens with one attached hydrogen (secondary N) is 1. The third-order valence-electron chi connectivity index (χ3n) is 3.10. The maximum Gasteiger partial charge on any atom is 0.148 e. The lowest BCUT2D eigenvalue weighted by atomic mass is 10.2. The average Bonchev–Trinajstić information content (AvgIpc) is 3.00. The summed E-state index contributed by atoms with van der Waals surface area (Å²) in [6.07, 6.45) is 0. The van der Waals surface area contributed by atoms with Gasteiger partial charge in [0.25, 0.3) is 0 Å². The van der Waals surface area contributed by atoms with Gasteiger partial charge in [-0.2, -0.15) is 0 Å². The normalized spacial score (nSPS) is 11.4. The van der Waals surface area contributed by atoms with Gasteiger partial charge < -0.3 is 4.98 Å². The number of rotatable bonds is 1. The number of hydrogen-bond acceptors (Lipinski definition) is 2. The summed E-state index contributed by atoms with van der Waals surface area (Å²) in [5.41, 5.74) is 1.52. The number of H-pyrrole nitrogens is 1. The minimum absolute atomic E-state index is 0.251. The van der Waals surface area contributed by atoms with Crippen LogP contribution in [-0.2, 0) is 0 Å². The van der Waals surface area contributed by atoms with Crippen molar-refractivity contribution in [2.45, 2.75) is 0 Å². The molecule has 0 fully saturated rings. The Morgan fingerprint density at radius 1 is 1.05 bits per heavy atom. The Morgan fingerprint density at radius 2 is 1.95 bits per heavy atom. The summed E-state index contributed by atoms with van der Waals surface area (Å²) in [5, 5.41) is 1.20. The third kappa shape index (κ3) is 1.72. The highest BCUT2D eigenvalue weighted by Crippen LogP contribution is 2.32. The maximum atomic E-state index is 13.2. The lowest BCUT2D eigenvalue weighted by molar-refractivity contribution is 0.629. The fraction of sp³-hybridized carbons (Fsp3) is 0. The largest absolute Gasteiger partial charge is 0.337 e. The van der Waals surface area contributed by atoms with Crippen molar-refractivity contribution < 1.29 is 4.39 Å². The van der Waals surface area contributed by atoms with E-state index in [1.807, 2.05) is 12.1 Å². The van der Waals surface area contributed by atoms with E-state index >= 15 is 0 Å². The second-order valence-corrected chi connectivity index (χ2v) is 5.48. The van der Waals surface area contributed by atoms with Crippen LogP contribution < -0.4 is 0 Å². The van der Waals surface area contributed by atoms with Crippen molar-refractivity contribution in [1.82, 2.24) is 9.97 Å². The van der Waals surface area contributed by atoms with Gasteiger partial charge in [0.05, 0.1) is 15.9 Å². The van der Waals surface area contributed by atoms with Crippen molar-refractivity contribution in [2.24, 2.45) is 0 Å². The van der Waals surface area contributed by atoms with Gasteiger partial charge >= 0.3 is 0 Å². The molecule has 0 bridgehead atoms. The molecule has 4 aromatic rings. The number of thiophene rings is 1. The zero-order chi connectivity index (χ0) is 12.8. The van der Waals surface area contributed by atoms with Crippen molar-refractivity contribution in [3.63, 3.8) is 0 Å². The van der Waals surface area contributed by atoms with Gasteiger partial charge in [0, 0.05) is 4.70 Å². The van der Waals surface area contributed by atoms with Crippen molar-refractivity contribution in [1.29, 1.82) is 0 Å². The zero-order valence-corrected chi connectivity index (χ0v) is 10.7. The molecule has 2 aromatic carbocycles. The molecule has 0 aliphatic carbocycles. The monoisotopic (exact) mass is 268 g/mol. The molecule has 0 aliphatic rings. The van der Waals surface area contributed by atoms with Gasteiger partial charge in [0.2, 0.25) is 0 Å². The minimum atomic E-state index is -0.251. The van der Waals surface area contributed by atoms with Gasteiger partial charge in [-0.3, -0.25) is 0 Å². The highest BCUT2D eigenvalue weighted by Gasteiger charge is 2.09. The first-order valence-electron chi connectivity index (χ1n) is 5.94. The summed E-state index contributed by atoms with van der Waals surface area (Å²) < 4.78 is 14.4. The molecule has 0 atom stereocenters. The van der Waals surface area contributed by atoms with Crippen LogP contribution in [0.25, 0.3) is 31.8 Å². The number of aromatic amines is 1.